The maximum absolute atomic E-state index is 12.7. The van der Waals surface area contributed by atoms with Gasteiger partial charge in [0.05, 0.1) is 17.6 Å². The second-order valence-electron chi connectivity index (χ2n) is 6.64. The van der Waals surface area contributed by atoms with E-state index in [0.29, 0.717) is 29.4 Å². The van der Waals surface area contributed by atoms with E-state index in [0.717, 1.165) is 24.8 Å². The first-order chi connectivity index (χ1) is 13.4. The number of piperidine rings is 1. The van der Waals surface area contributed by atoms with E-state index in [9.17, 15) is 13.2 Å². The molecule has 2 aromatic rings. The fraction of sp³-hybridized carbons (Fsp3) is 0.350. The van der Waals surface area contributed by atoms with Crippen LogP contribution in [-0.2, 0) is 16.6 Å². The van der Waals surface area contributed by atoms with Gasteiger partial charge >= 0.3 is 0 Å². The van der Waals surface area contributed by atoms with Crippen molar-refractivity contribution in [1.29, 1.82) is 0 Å². The molecule has 0 aromatic heterocycles. The number of nitrogens with one attached hydrogen (secondary N) is 1. The van der Waals surface area contributed by atoms with Crippen LogP contribution in [0.2, 0.25) is 5.02 Å². The summed E-state index contributed by atoms with van der Waals surface area (Å²) in [5, 5.41) is 3.24. The van der Waals surface area contributed by atoms with E-state index in [4.69, 9.17) is 16.3 Å². The fourth-order valence-electron chi connectivity index (χ4n) is 3.17. The number of ether oxygens (including phenoxy) is 1. The number of sulfonamides is 1. The van der Waals surface area contributed by atoms with E-state index in [1.54, 1.807) is 46.8 Å². The maximum Gasteiger partial charge on any atom is 0.255 e. The number of rotatable bonds is 6. The molecule has 8 heteroatoms. The Kier molecular flexibility index (Phi) is 6.59. The van der Waals surface area contributed by atoms with E-state index in [2.05, 4.69) is 5.32 Å². The highest BCUT2D eigenvalue weighted by Crippen LogP contribution is 2.23. The monoisotopic (exact) mass is 422 g/mol. The molecule has 0 unspecified atom stereocenters. The molecule has 0 saturated carbocycles. The SMILES string of the molecule is COc1ccc(Cl)cc1C(=O)NCc1ccc(S(=O)(=O)N2CCCCC2)cc1. The zero-order valence-electron chi connectivity index (χ0n) is 15.7. The second-order valence-corrected chi connectivity index (χ2v) is 9.01. The number of hydrogen-bond acceptors (Lipinski definition) is 4. The molecule has 1 aliphatic rings. The summed E-state index contributed by atoms with van der Waals surface area (Å²) in [6.45, 7) is 1.40. The van der Waals surface area contributed by atoms with Crippen LogP contribution in [0.1, 0.15) is 35.2 Å². The predicted molar refractivity (Wildman–Crippen MR) is 108 cm³/mol. The number of nitrogens with zero attached hydrogens (tertiary/aromatic N) is 1. The van der Waals surface area contributed by atoms with Crippen LogP contribution in [0.3, 0.4) is 0 Å². The number of carbonyl (C=O) groups excluding carboxylic acids is 1. The first-order valence-electron chi connectivity index (χ1n) is 9.12. The molecule has 6 nitrogen and oxygen atoms in total. The molecule has 3 rings (SSSR count). The van der Waals surface area contributed by atoms with Crippen LogP contribution in [0.5, 0.6) is 5.75 Å². The summed E-state index contributed by atoms with van der Waals surface area (Å²) in [5.41, 5.74) is 1.14. The van der Waals surface area contributed by atoms with Gasteiger partial charge in [0.25, 0.3) is 5.91 Å². The van der Waals surface area contributed by atoms with Crippen molar-refractivity contribution in [2.24, 2.45) is 0 Å². The van der Waals surface area contributed by atoms with Crippen LogP contribution in [0.15, 0.2) is 47.4 Å². The van der Waals surface area contributed by atoms with Gasteiger partial charge < -0.3 is 10.1 Å². The summed E-state index contributed by atoms with van der Waals surface area (Å²) in [4.78, 5) is 12.7. The van der Waals surface area contributed by atoms with E-state index >= 15 is 0 Å². The number of halogens is 1. The lowest BCUT2D eigenvalue weighted by atomic mass is 10.1. The van der Waals surface area contributed by atoms with Crippen molar-refractivity contribution in [1.82, 2.24) is 9.62 Å². The Labute approximate surface area is 170 Å². The zero-order chi connectivity index (χ0) is 20.1. The number of amides is 1. The molecule has 1 heterocycles. The molecule has 0 bridgehead atoms. The lowest BCUT2D eigenvalue weighted by Crippen LogP contribution is -2.35. The second kappa shape index (κ2) is 8.94. The van der Waals surface area contributed by atoms with E-state index < -0.39 is 10.0 Å². The summed E-state index contributed by atoms with van der Waals surface area (Å²) in [5.74, 6) is 0.120. The number of methoxy groups -OCH3 is 1. The van der Waals surface area contributed by atoms with Crippen molar-refractivity contribution < 1.29 is 17.9 Å². The third-order valence-electron chi connectivity index (χ3n) is 4.74. The minimum Gasteiger partial charge on any atom is -0.496 e. The highest BCUT2D eigenvalue weighted by Gasteiger charge is 2.25. The highest BCUT2D eigenvalue weighted by atomic mass is 35.5. The summed E-state index contributed by atoms with van der Waals surface area (Å²) < 4.78 is 32.1. The summed E-state index contributed by atoms with van der Waals surface area (Å²) in [6.07, 6.45) is 2.87. The van der Waals surface area contributed by atoms with Crippen molar-refractivity contribution >= 4 is 27.5 Å². The Morgan fingerprint density at radius 2 is 1.79 bits per heavy atom. The molecule has 0 atom stereocenters. The normalized spacial score (nSPS) is 15.2. The van der Waals surface area contributed by atoms with Crippen molar-refractivity contribution in [3.63, 3.8) is 0 Å². The fourth-order valence-corrected chi connectivity index (χ4v) is 4.86. The maximum atomic E-state index is 12.7. The van der Waals surface area contributed by atoms with Crippen LogP contribution in [0.4, 0.5) is 0 Å². The van der Waals surface area contributed by atoms with E-state index in [1.165, 1.54) is 7.11 Å². The topological polar surface area (TPSA) is 75.7 Å². The Balaban J connectivity index is 1.66. The molecule has 0 spiro atoms. The molecule has 0 radical (unpaired) electrons. The van der Waals surface area contributed by atoms with Crippen LogP contribution in [0.25, 0.3) is 0 Å². The van der Waals surface area contributed by atoms with Gasteiger partial charge in [0.2, 0.25) is 10.0 Å². The predicted octanol–water partition coefficient (Wildman–Crippen LogP) is 3.45. The first-order valence-corrected chi connectivity index (χ1v) is 10.9. The average Bonchev–Trinajstić information content (AvgIpc) is 2.73. The van der Waals surface area contributed by atoms with Gasteiger partial charge in [0, 0.05) is 24.7 Å². The Morgan fingerprint density at radius 1 is 1.11 bits per heavy atom. The molecular formula is C20H23ClN2O4S. The van der Waals surface area contributed by atoms with Crippen molar-refractivity contribution in [2.75, 3.05) is 20.2 Å². The molecule has 1 amide bonds. The quantitative estimate of drug-likeness (QED) is 0.773. The lowest BCUT2D eigenvalue weighted by Gasteiger charge is -2.25. The van der Waals surface area contributed by atoms with Crippen LogP contribution in [-0.4, -0.2) is 38.8 Å². The van der Waals surface area contributed by atoms with Gasteiger partial charge in [-0.2, -0.15) is 4.31 Å². The molecule has 1 fully saturated rings. The van der Waals surface area contributed by atoms with E-state index in [1.807, 2.05) is 0 Å². The Morgan fingerprint density at radius 3 is 2.43 bits per heavy atom. The smallest absolute Gasteiger partial charge is 0.255 e. The van der Waals surface area contributed by atoms with Gasteiger partial charge in [-0.05, 0) is 48.7 Å². The molecule has 1 N–H and O–H groups in total. The van der Waals surface area contributed by atoms with Crippen molar-refractivity contribution in [2.45, 2.75) is 30.7 Å². The van der Waals surface area contributed by atoms with E-state index in [-0.39, 0.29) is 17.3 Å². The van der Waals surface area contributed by atoms with Crippen LogP contribution in [0, 0.1) is 0 Å². The molecule has 1 saturated heterocycles. The number of carbonyl (C=O) groups is 1. The minimum atomic E-state index is -3.45. The Bertz CT molecular complexity index is 939. The standard InChI is InChI=1S/C20H23ClN2O4S/c1-27-19-10-7-16(21)13-18(19)20(24)22-14-15-5-8-17(9-6-15)28(25,26)23-11-3-2-4-12-23/h5-10,13H,2-4,11-12,14H2,1H3,(H,22,24). The van der Waals surface area contributed by atoms with Crippen molar-refractivity contribution in [3.05, 3.63) is 58.6 Å². The summed E-state index contributed by atoms with van der Waals surface area (Å²) >= 11 is 5.96. The van der Waals surface area contributed by atoms with Gasteiger partial charge in [-0.3, -0.25) is 4.79 Å². The third kappa shape index (κ3) is 4.66. The number of hydrogen-bond donors (Lipinski definition) is 1. The van der Waals surface area contributed by atoms with Gasteiger partial charge in [-0.15, -0.1) is 0 Å². The summed E-state index contributed by atoms with van der Waals surface area (Å²) in [7, 11) is -1.96. The third-order valence-corrected chi connectivity index (χ3v) is 6.88. The number of benzene rings is 2. The molecule has 150 valence electrons. The molecule has 28 heavy (non-hydrogen) atoms. The molecule has 1 aliphatic heterocycles. The lowest BCUT2D eigenvalue weighted by molar-refractivity contribution is 0.0948. The zero-order valence-corrected chi connectivity index (χ0v) is 17.2. The summed E-state index contributed by atoms with van der Waals surface area (Å²) in [6, 6.07) is 11.4. The molecular weight excluding hydrogens is 400 g/mol. The van der Waals surface area contributed by atoms with Crippen molar-refractivity contribution in [3.8, 4) is 5.75 Å². The van der Waals surface area contributed by atoms with Gasteiger partial charge in [-0.25, -0.2) is 8.42 Å². The Hall–Kier alpha value is -2.09. The minimum absolute atomic E-state index is 0.262. The van der Waals surface area contributed by atoms with Gasteiger partial charge in [0.15, 0.2) is 0 Å². The van der Waals surface area contributed by atoms with Crippen LogP contribution >= 0.6 is 11.6 Å². The first kappa shape index (κ1) is 20.6. The molecule has 2 aromatic carbocycles. The highest BCUT2D eigenvalue weighted by molar-refractivity contribution is 7.89. The van der Waals surface area contributed by atoms with Crippen LogP contribution < -0.4 is 10.1 Å². The average molecular weight is 423 g/mol. The molecule has 0 aliphatic carbocycles. The van der Waals surface area contributed by atoms with Gasteiger partial charge in [-0.1, -0.05) is 30.2 Å². The largest absolute Gasteiger partial charge is 0.496 e. The van der Waals surface area contributed by atoms with Gasteiger partial charge in [0.1, 0.15) is 5.75 Å².